The molecule has 4 heteroatoms. The van der Waals surface area contributed by atoms with E-state index >= 15 is 0 Å². The molecule has 0 N–H and O–H groups in total. The van der Waals surface area contributed by atoms with Crippen LogP contribution in [0.15, 0.2) is 48.5 Å². The number of anilines is 1. The van der Waals surface area contributed by atoms with Gasteiger partial charge in [0.25, 0.3) is 0 Å². The molecule has 1 aliphatic rings. The van der Waals surface area contributed by atoms with Crippen LogP contribution in [-0.4, -0.2) is 47.8 Å². The van der Waals surface area contributed by atoms with Crippen LogP contribution >= 0.6 is 0 Å². The molecule has 1 aromatic carbocycles. The lowest BCUT2D eigenvalue weighted by atomic mass is 10.2. The molecule has 0 aliphatic carbocycles. The van der Waals surface area contributed by atoms with E-state index < -0.39 is 0 Å². The fourth-order valence-corrected chi connectivity index (χ4v) is 2.62. The van der Waals surface area contributed by atoms with E-state index in [1.165, 1.54) is 5.56 Å². The van der Waals surface area contributed by atoms with Gasteiger partial charge in [-0.1, -0.05) is 42.5 Å². The van der Waals surface area contributed by atoms with E-state index in [-0.39, 0.29) is 0 Å². The van der Waals surface area contributed by atoms with Gasteiger partial charge in [-0.05, 0) is 24.6 Å². The average Bonchev–Trinajstić information content (AvgIpc) is 2.57. The van der Waals surface area contributed by atoms with E-state index in [9.17, 15) is 0 Å². The molecule has 0 atom stereocenters. The zero-order valence-electron chi connectivity index (χ0n) is 13.0. The van der Waals surface area contributed by atoms with Crippen molar-refractivity contribution in [2.75, 3.05) is 37.6 Å². The molecule has 22 heavy (non-hydrogen) atoms. The van der Waals surface area contributed by atoms with Crippen molar-refractivity contribution in [1.29, 1.82) is 0 Å². The third-order valence-corrected chi connectivity index (χ3v) is 3.95. The molecule has 0 spiro atoms. The Balaban J connectivity index is 1.47. The number of aromatic nitrogens is 2. The summed E-state index contributed by atoms with van der Waals surface area (Å²) in [6.45, 7) is 7.12. The van der Waals surface area contributed by atoms with Crippen molar-refractivity contribution in [2.45, 2.75) is 6.92 Å². The topological polar surface area (TPSA) is 32.3 Å². The van der Waals surface area contributed by atoms with Crippen LogP contribution in [0.5, 0.6) is 0 Å². The fourth-order valence-electron chi connectivity index (χ4n) is 2.62. The summed E-state index contributed by atoms with van der Waals surface area (Å²) in [6.07, 6.45) is 4.44. The van der Waals surface area contributed by atoms with Crippen LogP contribution in [0.1, 0.15) is 11.3 Å². The van der Waals surface area contributed by atoms with Gasteiger partial charge in [0.2, 0.25) is 0 Å². The summed E-state index contributed by atoms with van der Waals surface area (Å²) in [5, 5.41) is 8.41. The quantitative estimate of drug-likeness (QED) is 0.867. The summed E-state index contributed by atoms with van der Waals surface area (Å²) in [5.74, 6) is 0.991. The molecule has 114 valence electrons. The van der Waals surface area contributed by atoms with Crippen molar-refractivity contribution in [3.8, 4) is 0 Å². The standard InChI is InChI=1S/C18H22N4/c1-16-9-10-18(20-19-16)22-14-12-21(13-15-22)11-5-8-17-6-3-2-4-7-17/h2-10H,11-15H2,1H3/b8-5+. The molecule has 0 saturated carbocycles. The predicted octanol–water partition coefficient (Wildman–Crippen LogP) is 2.62. The van der Waals surface area contributed by atoms with Crippen molar-refractivity contribution in [2.24, 2.45) is 0 Å². The van der Waals surface area contributed by atoms with E-state index in [0.717, 1.165) is 44.2 Å². The summed E-state index contributed by atoms with van der Waals surface area (Å²) in [6, 6.07) is 14.5. The molecule has 1 fully saturated rings. The van der Waals surface area contributed by atoms with Gasteiger partial charge in [0.1, 0.15) is 0 Å². The first-order valence-corrected chi connectivity index (χ1v) is 7.80. The first-order valence-electron chi connectivity index (χ1n) is 7.80. The normalized spacial score (nSPS) is 16.3. The van der Waals surface area contributed by atoms with Crippen LogP contribution in [0.3, 0.4) is 0 Å². The van der Waals surface area contributed by atoms with Crippen LogP contribution in [0.25, 0.3) is 6.08 Å². The number of hydrogen-bond donors (Lipinski definition) is 0. The van der Waals surface area contributed by atoms with E-state index in [4.69, 9.17) is 0 Å². The van der Waals surface area contributed by atoms with Crippen LogP contribution in [-0.2, 0) is 0 Å². The molecule has 0 unspecified atom stereocenters. The molecule has 2 aromatic rings. The maximum atomic E-state index is 4.27. The number of nitrogens with zero attached hydrogens (tertiary/aromatic N) is 4. The van der Waals surface area contributed by atoms with Gasteiger partial charge < -0.3 is 4.90 Å². The van der Waals surface area contributed by atoms with Crippen molar-refractivity contribution < 1.29 is 0 Å². The zero-order chi connectivity index (χ0) is 15.2. The molecule has 0 radical (unpaired) electrons. The monoisotopic (exact) mass is 294 g/mol. The van der Waals surface area contributed by atoms with Crippen molar-refractivity contribution in [3.63, 3.8) is 0 Å². The van der Waals surface area contributed by atoms with Crippen molar-refractivity contribution in [1.82, 2.24) is 15.1 Å². The number of piperazine rings is 1. The lowest BCUT2D eigenvalue weighted by molar-refractivity contribution is 0.283. The summed E-state index contributed by atoms with van der Waals surface area (Å²) < 4.78 is 0. The van der Waals surface area contributed by atoms with Gasteiger partial charge in [-0.3, -0.25) is 4.90 Å². The number of aryl methyl sites for hydroxylation is 1. The molecule has 2 heterocycles. The predicted molar refractivity (Wildman–Crippen MR) is 90.9 cm³/mol. The number of rotatable bonds is 4. The first-order chi connectivity index (χ1) is 10.8. The zero-order valence-corrected chi connectivity index (χ0v) is 13.0. The summed E-state index contributed by atoms with van der Waals surface area (Å²) in [4.78, 5) is 4.78. The van der Waals surface area contributed by atoms with Gasteiger partial charge in [-0.2, -0.15) is 5.10 Å². The van der Waals surface area contributed by atoms with E-state index in [1.54, 1.807) is 0 Å². The highest BCUT2D eigenvalue weighted by Gasteiger charge is 2.17. The molecule has 1 saturated heterocycles. The Morgan fingerprint density at radius 3 is 2.41 bits per heavy atom. The second-order valence-electron chi connectivity index (χ2n) is 5.63. The van der Waals surface area contributed by atoms with E-state index in [2.05, 4.69) is 62.5 Å². The van der Waals surface area contributed by atoms with Crippen molar-refractivity contribution in [3.05, 3.63) is 59.8 Å². The third kappa shape index (κ3) is 3.92. The summed E-state index contributed by atoms with van der Waals surface area (Å²) in [5.41, 5.74) is 2.23. The minimum Gasteiger partial charge on any atom is -0.353 e. The van der Waals surface area contributed by atoms with Crippen LogP contribution < -0.4 is 4.90 Å². The lowest BCUT2D eigenvalue weighted by Crippen LogP contribution is -2.46. The van der Waals surface area contributed by atoms with Gasteiger partial charge in [0.15, 0.2) is 5.82 Å². The van der Waals surface area contributed by atoms with Crippen LogP contribution in [0.4, 0.5) is 5.82 Å². The Hall–Kier alpha value is -2.20. The van der Waals surface area contributed by atoms with Gasteiger partial charge in [-0.25, -0.2) is 0 Å². The lowest BCUT2D eigenvalue weighted by Gasteiger charge is -2.34. The maximum absolute atomic E-state index is 4.27. The molecule has 3 rings (SSSR count). The number of benzene rings is 1. The summed E-state index contributed by atoms with van der Waals surface area (Å²) >= 11 is 0. The van der Waals surface area contributed by atoms with Crippen LogP contribution in [0.2, 0.25) is 0 Å². The Kier molecular flexibility index (Phi) is 4.81. The third-order valence-electron chi connectivity index (χ3n) is 3.95. The highest BCUT2D eigenvalue weighted by molar-refractivity contribution is 5.48. The molecule has 4 nitrogen and oxygen atoms in total. The molecule has 1 aromatic heterocycles. The van der Waals surface area contributed by atoms with Crippen molar-refractivity contribution >= 4 is 11.9 Å². The van der Waals surface area contributed by atoms with Gasteiger partial charge in [0.05, 0.1) is 5.69 Å². The average molecular weight is 294 g/mol. The molecular formula is C18H22N4. The largest absolute Gasteiger partial charge is 0.353 e. The number of hydrogen-bond acceptors (Lipinski definition) is 4. The van der Waals surface area contributed by atoms with Gasteiger partial charge in [-0.15, -0.1) is 5.10 Å². The maximum Gasteiger partial charge on any atom is 0.151 e. The molecule has 0 bridgehead atoms. The minimum atomic E-state index is 0.966. The van der Waals surface area contributed by atoms with Gasteiger partial charge >= 0.3 is 0 Å². The smallest absolute Gasteiger partial charge is 0.151 e. The second kappa shape index (κ2) is 7.18. The summed E-state index contributed by atoms with van der Waals surface area (Å²) in [7, 11) is 0. The Morgan fingerprint density at radius 2 is 1.73 bits per heavy atom. The molecule has 1 aliphatic heterocycles. The Labute approximate surface area is 132 Å². The first kappa shape index (κ1) is 14.7. The second-order valence-corrected chi connectivity index (χ2v) is 5.63. The van der Waals surface area contributed by atoms with E-state index in [0.29, 0.717) is 0 Å². The van der Waals surface area contributed by atoms with E-state index in [1.807, 2.05) is 19.1 Å². The highest BCUT2D eigenvalue weighted by Crippen LogP contribution is 2.12. The Morgan fingerprint density at radius 1 is 0.955 bits per heavy atom. The van der Waals surface area contributed by atoms with Gasteiger partial charge in [0, 0.05) is 32.7 Å². The van der Waals surface area contributed by atoms with Crippen LogP contribution in [0, 0.1) is 6.92 Å². The Bertz CT molecular complexity index is 599. The SMILES string of the molecule is Cc1ccc(N2CCN(C/C=C/c3ccccc3)CC2)nn1. The fraction of sp³-hybridized carbons (Fsp3) is 0.333. The minimum absolute atomic E-state index is 0.966. The highest BCUT2D eigenvalue weighted by atomic mass is 15.3. The molecular weight excluding hydrogens is 272 g/mol. The molecule has 0 amide bonds.